The average molecular weight is 246 g/mol. The average Bonchev–Trinajstić information content (AvgIpc) is 2.37. The molecule has 0 saturated heterocycles. The fourth-order valence-electron chi connectivity index (χ4n) is 1.51. The van der Waals surface area contributed by atoms with Gasteiger partial charge in [0.05, 0.1) is 6.04 Å². The van der Waals surface area contributed by atoms with E-state index in [1.54, 1.807) is 6.08 Å². The van der Waals surface area contributed by atoms with Crippen molar-refractivity contribution in [3.05, 3.63) is 48.6 Å². The largest absolute Gasteiger partial charge is 0.352 e. The van der Waals surface area contributed by atoms with Crippen molar-refractivity contribution in [2.45, 2.75) is 19.4 Å². The first-order valence-electron chi connectivity index (χ1n) is 5.85. The van der Waals surface area contributed by atoms with E-state index in [0.29, 0.717) is 6.54 Å². The molecule has 0 radical (unpaired) electrons. The number of benzene rings is 1. The lowest BCUT2D eigenvalue weighted by Gasteiger charge is -2.14. The van der Waals surface area contributed by atoms with Crippen LogP contribution in [0.2, 0.25) is 0 Å². The molecule has 0 heterocycles. The summed E-state index contributed by atoms with van der Waals surface area (Å²) >= 11 is 0. The Bertz CT molecular complexity index is 415. The van der Waals surface area contributed by atoms with Crippen molar-refractivity contribution in [1.82, 2.24) is 10.6 Å². The number of hydrogen-bond donors (Lipinski definition) is 2. The number of carbonyl (C=O) groups excluding carboxylic acids is 2. The minimum atomic E-state index is -0.298. The van der Waals surface area contributed by atoms with Crippen molar-refractivity contribution in [3.63, 3.8) is 0 Å². The summed E-state index contributed by atoms with van der Waals surface area (Å²) < 4.78 is 0. The van der Waals surface area contributed by atoms with Crippen LogP contribution < -0.4 is 10.6 Å². The number of carbonyl (C=O) groups is 2. The third kappa shape index (κ3) is 4.82. The van der Waals surface area contributed by atoms with Gasteiger partial charge >= 0.3 is 0 Å². The molecular weight excluding hydrogens is 228 g/mol. The molecule has 2 amide bonds. The van der Waals surface area contributed by atoms with Crippen LogP contribution in [0.25, 0.3) is 0 Å². The van der Waals surface area contributed by atoms with Crippen LogP contribution in [0.5, 0.6) is 0 Å². The van der Waals surface area contributed by atoms with Crippen molar-refractivity contribution < 1.29 is 9.59 Å². The number of amides is 2. The second kappa shape index (κ2) is 7.27. The van der Waals surface area contributed by atoms with Gasteiger partial charge in [0.1, 0.15) is 6.42 Å². The van der Waals surface area contributed by atoms with Gasteiger partial charge in [-0.25, -0.2) is 0 Å². The highest BCUT2D eigenvalue weighted by Crippen LogP contribution is 2.10. The lowest BCUT2D eigenvalue weighted by Crippen LogP contribution is -2.33. The quantitative estimate of drug-likeness (QED) is 0.591. The minimum absolute atomic E-state index is 0.106. The van der Waals surface area contributed by atoms with Gasteiger partial charge in [-0.1, -0.05) is 36.4 Å². The summed E-state index contributed by atoms with van der Waals surface area (Å²) in [4.78, 5) is 22.9. The van der Waals surface area contributed by atoms with Gasteiger partial charge in [-0.05, 0) is 12.5 Å². The Morgan fingerprint density at radius 3 is 2.56 bits per heavy atom. The second-order valence-corrected chi connectivity index (χ2v) is 3.97. The predicted octanol–water partition coefficient (Wildman–Crippen LogP) is 1.56. The maximum atomic E-state index is 11.6. The third-order valence-corrected chi connectivity index (χ3v) is 2.44. The number of hydrogen-bond acceptors (Lipinski definition) is 2. The van der Waals surface area contributed by atoms with Crippen LogP contribution in [-0.2, 0) is 9.59 Å². The van der Waals surface area contributed by atoms with Gasteiger partial charge in [-0.2, -0.15) is 0 Å². The first-order valence-corrected chi connectivity index (χ1v) is 5.85. The van der Waals surface area contributed by atoms with Crippen LogP contribution in [0, 0.1) is 0 Å². The Morgan fingerprint density at radius 2 is 1.94 bits per heavy atom. The van der Waals surface area contributed by atoms with E-state index in [-0.39, 0.29) is 24.3 Å². The Labute approximate surface area is 107 Å². The van der Waals surface area contributed by atoms with Gasteiger partial charge in [0.15, 0.2) is 0 Å². The molecule has 0 aromatic heterocycles. The molecule has 0 spiro atoms. The van der Waals surface area contributed by atoms with Gasteiger partial charge in [0, 0.05) is 6.54 Å². The summed E-state index contributed by atoms with van der Waals surface area (Å²) in [5, 5.41) is 5.34. The van der Waals surface area contributed by atoms with E-state index in [1.807, 2.05) is 37.3 Å². The van der Waals surface area contributed by atoms with Crippen LogP contribution in [-0.4, -0.2) is 18.4 Å². The summed E-state index contributed by atoms with van der Waals surface area (Å²) in [5.74, 6) is -0.583. The minimum Gasteiger partial charge on any atom is -0.352 e. The van der Waals surface area contributed by atoms with Crippen LogP contribution in [0.15, 0.2) is 43.0 Å². The molecule has 18 heavy (non-hydrogen) atoms. The highest BCUT2D eigenvalue weighted by atomic mass is 16.2. The topological polar surface area (TPSA) is 58.2 Å². The van der Waals surface area contributed by atoms with Crippen molar-refractivity contribution in [2.75, 3.05) is 6.54 Å². The zero-order valence-electron chi connectivity index (χ0n) is 10.5. The van der Waals surface area contributed by atoms with Crippen LogP contribution >= 0.6 is 0 Å². The molecule has 0 aliphatic rings. The highest BCUT2D eigenvalue weighted by Gasteiger charge is 2.12. The Kier molecular flexibility index (Phi) is 5.64. The standard InChI is InChI=1S/C14H18N2O2/c1-3-9-15-13(17)10-14(18)16-11(2)12-7-5-4-6-8-12/h3-8,11H,1,9-10H2,2H3,(H,15,17)(H,16,18). The second-order valence-electron chi connectivity index (χ2n) is 3.97. The molecule has 0 bridgehead atoms. The van der Waals surface area contributed by atoms with E-state index in [0.717, 1.165) is 5.56 Å². The van der Waals surface area contributed by atoms with E-state index in [1.165, 1.54) is 0 Å². The van der Waals surface area contributed by atoms with E-state index in [2.05, 4.69) is 17.2 Å². The zero-order chi connectivity index (χ0) is 13.4. The summed E-state index contributed by atoms with van der Waals surface area (Å²) in [6.07, 6.45) is 1.41. The smallest absolute Gasteiger partial charge is 0.229 e. The molecule has 96 valence electrons. The lowest BCUT2D eigenvalue weighted by molar-refractivity contribution is -0.129. The van der Waals surface area contributed by atoms with Gasteiger partial charge in [-0.15, -0.1) is 6.58 Å². The Morgan fingerprint density at radius 1 is 1.28 bits per heavy atom. The highest BCUT2D eigenvalue weighted by molar-refractivity contribution is 5.97. The predicted molar refractivity (Wildman–Crippen MR) is 70.8 cm³/mol. The van der Waals surface area contributed by atoms with Crippen molar-refractivity contribution in [3.8, 4) is 0 Å². The molecule has 4 nitrogen and oxygen atoms in total. The van der Waals surface area contributed by atoms with Crippen molar-refractivity contribution >= 4 is 11.8 Å². The number of nitrogens with one attached hydrogen (secondary N) is 2. The first kappa shape index (κ1) is 14.0. The maximum absolute atomic E-state index is 11.6. The van der Waals surface area contributed by atoms with Gasteiger partial charge in [0.25, 0.3) is 0 Å². The molecule has 1 aromatic carbocycles. The zero-order valence-corrected chi connectivity index (χ0v) is 10.5. The maximum Gasteiger partial charge on any atom is 0.229 e. The molecule has 1 aromatic rings. The summed E-state index contributed by atoms with van der Waals surface area (Å²) in [5.41, 5.74) is 1.01. The molecular formula is C14H18N2O2. The number of rotatable bonds is 6. The lowest BCUT2D eigenvalue weighted by atomic mass is 10.1. The fraction of sp³-hybridized carbons (Fsp3) is 0.286. The third-order valence-electron chi connectivity index (χ3n) is 2.44. The molecule has 1 atom stereocenters. The van der Waals surface area contributed by atoms with Gasteiger partial charge in [0.2, 0.25) is 11.8 Å². The van der Waals surface area contributed by atoms with Crippen molar-refractivity contribution in [2.24, 2.45) is 0 Å². The first-order chi connectivity index (χ1) is 8.63. The fourth-order valence-corrected chi connectivity index (χ4v) is 1.51. The van der Waals surface area contributed by atoms with Crippen LogP contribution in [0.1, 0.15) is 24.9 Å². The Hall–Kier alpha value is -2.10. The van der Waals surface area contributed by atoms with E-state index in [9.17, 15) is 9.59 Å². The molecule has 1 unspecified atom stereocenters. The molecule has 0 saturated carbocycles. The molecule has 0 aliphatic carbocycles. The van der Waals surface area contributed by atoms with E-state index < -0.39 is 0 Å². The molecule has 1 rings (SSSR count). The summed E-state index contributed by atoms with van der Waals surface area (Å²) in [7, 11) is 0. The molecule has 0 fully saturated rings. The molecule has 0 aliphatic heterocycles. The Balaban J connectivity index is 2.40. The van der Waals surface area contributed by atoms with Crippen molar-refractivity contribution in [1.29, 1.82) is 0 Å². The van der Waals surface area contributed by atoms with Gasteiger partial charge < -0.3 is 10.6 Å². The van der Waals surface area contributed by atoms with Crippen LogP contribution in [0.4, 0.5) is 0 Å². The summed E-state index contributed by atoms with van der Waals surface area (Å²) in [6.45, 7) is 5.74. The summed E-state index contributed by atoms with van der Waals surface area (Å²) in [6, 6.07) is 9.50. The molecule has 4 heteroatoms. The van der Waals surface area contributed by atoms with Crippen LogP contribution in [0.3, 0.4) is 0 Å². The molecule has 2 N–H and O–H groups in total. The monoisotopic (exact) mass is 246 g/mol. The van der Waals surface area contributed by atoms with E-state index >= 15 is 0 Å². The van der Waals surface area contributed by atoms with Gasteiger partial charge in [-0.3, -0.25) is 9.59 Å². The SMILES string of the molecule is C=CCNC(=O)CC(=O)NC(C)c1ccccc1. The normalized spacial score (nSPS) is 11.4. The van der Waals surface area contributed by atoms with E-state index in [4.69, 9.17) is 0 Å².